The van der Waals surface area contributed by atoms with Gasteiger partial charge in [-0.25, -0.2) is 0 Å². The Bertz CT molecular complexity index is 627. The number of aromatic amines is 1. The summed E-state index contributed by atoms with van der Waals surface area (Å²) in [4.78, 5) is 12.2. The van der Waals surface area contributed by atoms with Crippen molar-refractivity contribution in [3.8, 4) is 0 Å². The van der Waals surface area contributed by atoms with Gasteiger partial charge in [0.15, 0.2) is 5.69 Å². The number of amides is 1. The Balaban J connectivity index is 2.04. The van der Waals surface area contributed by atoms with E-state index in [2.05, 4.69) is 27.5 Å². The van der Waals surface area contributed by atoms with Crippen LogP contribution in [0.25, 0.3) is 0 Å². The minimum atomic E-state index is -0.267. The van der Waals surface area contributed by atoms with Crippen LogP contribution in [0.5, 0.6) is 0 Å². The summed E-state index contributed by atoms with van der Waals surface area (Å²) in [7, 11) is 1.87. The molecular formula is C14H22N6O. The average molecular weight is 290 g/mol. The first kappa shape index (κ1) is 15.1. The fourth-order valence-corrected chi connectivity index (χ4v) is 2.29. The zero-order chi connectivity index (χ0) is 15.4. The molecular weight excluding hydrogens is 268 g/mol. The molecule has 7 heteroatoms. The second kappa shape index (κ2) is 6.43. The van der Waals surface area contributed by atoms with E-state index in [0.717, 1.165) is 36.2 Å². The summed E-state index contributed by atoms with van der Waals surface area (Å²) >= 11 is 0. The smallest absolute Gasteiger partial charge is 0.274 e. The van der Waals surface area contributed by atoms with Crippen LogP contribution in [0.3, 0.4) is 0 Å². The van der Waals surface area contributed by atoms with Crippen LogP contribution in [-0.2, 0) is 26.4 Å². The van der Waals surface area contributed by atoms with Crippen molar-refractivity contribution >= 4 is 11.6 Å². The molecule has 0 aromatic carbocycles. The van der Waals surface area contributed by atoms with Crippen LogP contribution in [-0.4, -0.2) is 25.9 Å². The number of nitrogens with one attached hydrogen (secondary N) is 2. The second-order valence-electron chi connectivity index (χ2n) is 5.03. The minimum absolute atomic E-state index is 0.264. The van der Waals surface area contributed by atoms with E-state index in [4.69, 9.17) is 5.73 Å². The lowest BCUT2D eigenvalue weighted by atomic mass is 10.2. The lowest BCUT2D eigenvalue weighted by Crippen LogP contribution is -2.24. The van der Waals surface area contributed by atoms with E-state index >= 15 is 0 Å². The molecule has 0 fully saturated rings. The van der Waals surface area contributed by atoms with Gasteiger partial charge in [-0.1, -0.05) is 20.3 Å². The third-order valence-electron chi connectivity index (χ3n) is 3.36. The normalized spacial score (nSPS) is 10.8. The minimum Gasteiger partial charge on any atom is -0.395 e. The third-order valence-corrected chi connectivity index (χ3v) is 3.36. The molecule has 0 aliphatic carbocycles. The standard InChI is InChI=1S/C14H22N6O/c1-4-6-11-12(15)13(18-17-11)14(21)16-7-9-8-20(3)19-10(9)5-2/h8H,4-7,15H2,1-3H3,(H,16,21)(H,17,18). The molecule has 0 aliphatic rings. The summed E-state index contributed by atoms with van der Waals surface area (Å²) < 4.78 is 1.75. The van der Waals surface area contributed by atoms with Crippen molar-refractivity contribution < 1.29 is 4.79 Å². The van der Waals surface area contributed by atoms with E-state index in [1.54, 1.807) is 4.68 Å². The number of aromatic nitrogens is 4. The molecule has 114 valence electrons. The van der Waals surface area contributed by atoms with Gasteiger partial charge in [0.1, 0.15) is 0 Å². The molecule has 0 bridgehead atoms. The van der Waals surface area contributed by atoms with Gasteiger partial charge in [0.05, 0.1) is 17.1 Å². The van der Waals surface area contributed by atoms with Gasteiger partial charge in [-0.2, -0.15) is 10.2 Å². The molecule has 1 amide bonds. The monoisotopic (exact) mass is 290 g/mol. The number of nitrogens with zero attached hydrogens (tertiary/aromatic N) is 3. The summed E-state index contributed by atoms with van der Waals surface area (Å²) in [6.07, 6.45) is 4.48. The molecule has 0 saturated heterocycles. The molecule has 0 unspecified atom stereocenters. The Morgan fingerprint density at radius 2 is 2.24 bits per heavy atom. The number of carbonyl (C=O) groups excluding carboxylic acids is 1. The van der Waals surface area contributed by atoms with Crippen LogP contribution in [0, 0.1) is 0 Å². The quantitative estimate of drug-likeness (QED) is 0.743. The molecule has 4 N–H and O–H groups in total. The third kappa shape index (κ3) is 3.24. The van der Waals surface area contributed by atoms with Gasteiger partial charge in [-0.3, -0.25) is 14.6 Å². The van der Waals surface area contributed by atoms with Crippen molar-refractivity contribution in [1.82, 2.24) is 25.3 Å². The molecule has 0 radical (unpaired) electrons. The largest absolute Gasteiger partial charge is 0.395 e. The Morgan fingerprint density at radius 3 is 2.90 bits per heavy atom. The Hall–Kier alpha value is -2.31. The molecule has 7 nitrogen and oxygen atoms in total. The van der Waals surface area contributed by atoms with Crippen molar-refractivity contribution in [3.63, 3.8) is 0 Å². The Kier molecular flexibility index (Phi) is 4.62. The molecule has 2 aromatic rings. The molecule has 2 aromatic heterocycles. The Labute approximate surface area is 123 Å². The van der Waals surface area contributed by atoms with Gasteiger partial charge in [0, 0.05) is 25.4 Å². The lowest BCUT2D eigenvalue weighted by molar-refractivity contribution is 0.0946. The zero-order valence-corrected chi connectivity index (χ0v) is 12.7. The highest BCUT2D eigenvalue weighted by Crippen LogP contribution is 2.15. The maximum Gasteiger partial charge on any atom is 0.274 e. The van der Waals surface area contributed by atoms with Crippen molar-refractivity contribution in [2.45, 2.75) is 39.7 Å². The summed E-state index contributed by atoms with van der Waals surface area (Å²) in [6, 6.07) is 0. The van der Waals surface area contributed by atoms with E-state index in [9.17, 15) is 4.79 Å². The van der Waals surface area contributed by atoms with Crippen LogP contribution in [0.15, 0.2) is 6.20 Å². The van der Waals surface area contributed by atoms with Crippen molar-refractivity contribution in [2.24, 2.45) is 7.05 Å². The number of anilines is 1. The summed E-state index contributed by atoms with van der Waals surface area (Å²) in [6.45, 7) is 4.51. The topological polar surface area (TPSA) is 102 Å². The first-order chi connectivity index (χ1) is 10.1. The van der Waals surface area contributed by atoms with Crippen LogP contribution in [0.4, 0.5) is 5.69 Å². The molecule has 21 heavy (non-hydrogen) atoms. The van der Waals surface area contributed by atoms with E-state index in [0.29, 0.717) is 12.2 Å². The highest BCUT2D eigenvalue weighted by Gasteiger charge is 2.17. The number of aryl methyl sites for hydroxylation is 3. The maximum absolute atomic E-state index is 12.2. The van der Waals surface area contributed by atoms with Gasteiger partial charge in [-0.15, -0.1) is 0 Å². The fourth-order valence-electron chi connectivity index (χ4n) is 2.29. The molecule has 2 heterocycles. The molecule has 0 spiro atoms. The van der Waals surface area contributed by atoms with Crippen LogP contribution in [0.2, 0.25) is 0 Å². The number of hydrogen-bond donors (Lipinski definition) is 3. The molecule has 0 atom stereocenters. The van der Waals surface area contributed by atoms with Gasteiger partial charge < -0.3 is 11.1 Å². The predicted molar refractivity (Wildman–Crippen MR) is 80.8 cm³/mol. The first-order valence-electron chi connectivity index (χ1n) is 7.19. The van der Waals surface area contributed by atoms with E-state index < -0.39 is 0 Å². The van der Waals surface area contributed by atoms with Crippen molar-refractivity contribution in [2.75, 3.05) is 5.73 Å². The summed E-state index contributed by atoms with van der Waals surface area (Å²) in [5.74, 6) is -0.267. The second-order valence-corrected chi connectivity index (χ2v) is 5.03. The van der Waals surface area contributed by atoms with E-state index in [1.807, 2.05) is 20.2 Å². The van der Waals surface area contributed by atoms with Crippen LogP contribution < -0.4 is 11.1 Å². The molecule has 2 rings (SSSR count). The number of H-pyrrole nitrogens is 1. The highest BCUT2D eigenvalue weighted by molar-refractivity contribution is 5.97. The molecule has 0 saturated carbocycles. The SMILES string of the molecule is CCCc1[nH]nc(C(=O)NCc2cn(C)nc2CC)c1N. The van der Waals surface area contributed by atoms with Crippen LogP contribution >= 0.6 is 0 Å². The number of carbonyl (C=O) groups is 1. The fraction of sp³-hybridized carbons (Fsp3) is 0.500. The number of nitrogens with two attached hydrogens (primary N) is 1. The predicted octanol–water partition coefficient (Wildman–Crippen LogP) is 1.17. The van der Waals surface area contributed by atoms with Gasteiger partial charge in [0.2, 0.25) is 0 Å². The first-order valence-corrected chi connectivity index (χ1v) is 7.19. The lowest BCUT2D eigenvalue weighted by Gasteiger charge is -2.03. The highest BCUT2D eigenvalue weighted by atomic mass is 16.1. The van der Waals surface area contributed by atoms with Gasteiger partial charge >= 0.3 is 0 Å². The Morgan fingerprint density at radius 1 is 1.48 bits per heavy atom. The van der Waals surface area contributed by atoms with Crippen LogP contribution in [0.1, 0.15) is 47.7 Å². The zero-order valence-electron chi connectivity index (χ0n) is 12.7. The maximum atomic E-state index is 12.2. The summed E-state index contributed by atoms with van der Waals surface area (Å²) in [5.41, 5.74) is 9.47. The summed E-state index contributed by atoms with van der Waals surface area (Å²) in [5, 5.41) is 14.0. The van der Waals surface area contributed by atoms with Gasteiger partial charge in [0.25, 0.3) is 5.91 Å². The van der Waals surface area contributed by atoms with Crippen molar-refractivity contribution in [1.29, 1.82) is 0 Å². The number of nitrogen functional groups attached to an aromatic ring is 1. The van der Waals surface area contributed by atoms with Crippen molar-refractivity contribution in [3.05, 3.63) is 28.8 Å². The van der Waals surface area contributed by atoms with E-state index in [-0.39, 0.29) is 11.6 Å². The van der Waals surface area contributed by atoms with E-state index in [1.165, 1.54) is 0 Å². The van der Waals surface area contributed by atoms with Gasteiger partial charge in [-0.05, 0) is 12.8 Å². The number of rotatable bonds is 6. The number of hydrogen-bond acceptors (Lipinski definition) is 4. The average Bonchev–Trinajstić information content (AvgIpc) is 3.00. The molecule has 0 aliphatic heterocycles.